The summed E-state index contributed by atoms with van der Waals surface area (Å²) >= 11 is 0. The zero-order valence-electron chi connectivity index (χ0n) is 13.0. The summed E-state index contributed by atoms with van der Waals surface area (Å²) in [6.07, 6.45) is -0.721. The van der Waals surface area contributed by atoms with Crippen LogP contribution in [0.5, 0.6) is 0 Å². The van der Waals surface area contributed by atoms with E-state index in [4.69, 9.17) is 9.84 Å². The number of carbonyl (C=O) groups excluding carboxylic acids is 2. The first kappa shape index (κ1) is 17.5. The molecular weight excluding hydrogens is 290 g/mol. The van der Waals surface area contributed by atoms with Gasteiger partial charge in [0.25, 0.3) is 0 Å². The van der Waals surface area contributed by atoms with Crippen LogP contribution in [0.1, 0.15) is 31.1 Å². The Kier molecular flexibility index (Phi) is 5.50. The van der Waals surface area contributed by atoms with E-state index in [-0.39, 0.29) is 12.1 Å². The lowest BCUT2D eigenvalue weighted by atomic mass is 10.2. The second kappa shape index (κ2) is 6.93. The van der Waals surface area contributed by atoms with E-state index >= 15 is 0 Å². The molecule has 0 bridgehead atoms. The molecule has 0 unspecified atom stereocenters. The van der Waals surface area contributed by atoms with Crippen molar-refractivity contribution in [3.63, 3.8) is 0 Å². The average Bonchev–Trinajstić information content (AvgIpc) is 2.42. The first-order chi connectivity index (χ1) is 10.1. The molecule has 0 fully saturated rings. The number of amides is 1. The van der Waals surface area contributed by atoms with Gasteiger partial charge < -0.3 is 14.6 Å². The van der Waals surface area contributed by atoms with E-state index in [1.807, 2.05) is 0 Å². The molecule has 0 radical (unpaired) electrons. The Bertz CT molecular complexity index is 558. The minimum Gasteiger partial charge on any atom is -0.478 e. The predicted molar refractivity (Wildman–Crippen MR) is 79.0 cm³/mol. The Balaban J connectivity index is 3.06. The standard InChI is InChI=1S/C15H19NO6/c1-15(2,3)22-14(20)16(9-12(17)21-4)11-7-5-10(6-8-11)13(18)19/h5-8H,9H2,1-4H3,(H,18,19). The van der Waals surface area contributed by atoms with Gasteiger partial charge in [-0.2, -0.15) is 0 Å². The van der Waals surface area contributed by atoms with Gasteiger partial charge in [0.1, 0.15) is 12.1 Å². The van der Waals surface area contributed by atoms with Gasteiger partial charge in [0, 0.05) is 5.69 Å². The van der Waals surface area contributed by atoms with Gasteiger partial charge in [-0.25, -0.2) is 9.59 Å². The number of anilines is 1. The highest BCUT2D eigenvalue weighted by Crippen LogP contribution is 2.19. The average molecular weight is 309 g/mol. The van der Waals surface area contributed by atoms with E-state index < -0.39 is 23.6 Å². The van der Waals surface area contributed by atoms with E-state index in [0.29, 0.717) is 5.69 Å². The zero-order chi connectivity index (χ0) is 16.9. The van der Waals surface area contributed by atoms with Crippen LogP contribution in [0.3, 0.4) is 0 Å². The lowest BCUT2D eigenvalue weighted by Gasteiger charge is -2.26. The van der Waals surface area contributed by atoms with Crippen molar-refractivity contribution in [1.82, 2.24) is 0 Å². The number of esters is 1. The summed E-state index contributed by atoms with van der Waals surface area (Å²) in [5.74, 6) is -1.70. The number of aromatic carboxylic acids is 1. The molecule has 0 aliphatic carbocycles. The molecule has 1 rings (SSSR count). The van der Waals surface area contributed by atoms with Crippen molar-refractivity contribution in [2.24, 2.45) is 0 Å². The number of nitrogens with zero attached hydrogens (tertiary/aromatic N) is 1. The maximum Gasteiger partial charge on any atom is 0.415 e. The Morgan fingerprint density at radius 3 is 2.09 bits per heavy atom. The minimum absolute atomic E-state index is 0.0750. The zero-order valence-corrected chi connectivity index (χ0v) is 13.0. The maximum atomic E-state index is 12.2. The van der Waals surface area contributed by atoms with Crippen LogP contribution in [0.2, 0.25) is 0 Å². The van der Waals surface area contributed by atoms with Gasteiger partial charge in [0.15, 0.2) is 0 Å². The minimum atomic E-state index is -1.08. The fourth-order valence-corrected chi connectivity index (χ4v) is 1.56. The number of hydrogen-bond donors (Lipinski definition) is 1. The number of ether oxygens (including phenoxy) is 2. The number of carboxylic acids is 1. The molecule has 0 heterocycles. The van der Waals surface area contributed by atoms with Gasteiger partial charge in [-0.3, -0.25) is 9.69 Å². The van der Waals surface area contributed by atoms with E-state index in [0.717, 1.165) is 4.90 Å². The molecule has 1 N–H and O–H groups in total. The number of carbonyl (C=O) groups is 3. The van der Waals surface area contributed by atoms with Crippen LogP contribution in [0.25, 0.3) is 0 Å². The quantitative estimate of drug-likeness (QED) is 0.858. The normalized spacial score (nSPS) is 10.7. The van der Waals surface area contributed by atoms with Crippen LogP contribution >= 0.6 is 0 Å². The maximum absolute atomic E-state index is 12.2. The molecule has 0 spiro atoms. The third kappa shape index (κ3) is 5.08. The molecule has 1 aromatic rings. The van der Waals surface area contributed by atoms with Crippen LogP contribution < -0.4 is 4.90 Å². The Hall–Kier alpha value is -2.57. The highest BCUT2D eigenvalue weighted by Gasteiger charge is 2.25. The lowest BCUT2D eigenvalue weighted by molar-refractivity contribution is -0.139. The predicted octanol–water partition coefficient (Wildman–Crippen LogP) is 2.30. The van der Waals surface area contributed by atoms with E-state index in [1.165, 1.54) is 31.4 Å². The largest absolute Gasteiger partial charge is 0.478 e. The molecule has 120 valence electrons. The van der Waals surface area contributed by atoms with Crippen molar-refractivity contribution in [2.75, 3.05) is 18.6 Å². The van der Waals surface area contributed by atoms with Crippen molar-refractivity contribution in [2.45, 2.75) is 26.4 Å². The number of hydrogen-bond acceptors (Lipinski definition) is 5. The molecule has 0 atom stereocenters. The van der Waals surface area contributed by atoms with Crippen molar-refractivity contribution < 1.29 is 29.0 Å². The topological polar surface area (TPSA) is 93.1 Å². The van der Waals surface area contributed by atoms with Crippen molar-refractivity contribution in [3.8, 4) is 0 Å². The second-order valence-corrected chi connectivity index (χ2v) is 5.49. The molecule has 22 heavy (non-hydrogen) atoms. The number of methoxy groups -OCH3 is 1. The molecule has 0 aliphatic heterocycles. The summed E-state index contributed by atoms with van der Waals surface area (Å²) < 4.78 is 9.80. The first-order valence-corrected chi connectivity index (χ1v) is 6.54. The number of rotatable bonds is 4. The van der Waals surface area contributed by atoms with Crippen molar-refractivity contribution in [1.29, 1.82) is 0 Å². The lowest BCUT2D eigenvalue weighted by Crippen LogP contribution is -2.40. The molecule has 0 saturated heterocycles. The summed E-state index contributed by atoms with van der Waals surface area (Å²) in [4.78, 5) is 35.6. The van der Waals surface area contributed by atoms with Gasteiger partial charge in [0.2, 0.25) is 0 Å². The molecule has 0 aliphatic rings. The summed E-state index contributed by atoms with van der Waals surface area (Å²) in [5, 5.41) is 8.88. The molecule has 7 nitrogen and oxygen atoms in total. The Labute approximate surface area is 128 Å². The summed E-state index contributed by atoms with van der Waals surface area (Å²) in [6, 6.07) is 5.53. The highest BCUT2D eigenvalue weighted by atomic mass is 16.6. The molecule has 1 amide bonds. The Morgan fingerprint density at radius 2 is 1.68 bits per heavy atom. The summed E-state index contributed by atoms with van der Waals surface area (Å²) in [5.41, 5.74) is -0.317. The van der Waals surface area contributed by atoms with E-state index in [1.54, 1.807) is 20.8 Å². The third-order valence-corrected chi connectivity index (χ3v) is 2.55. The van der Waals surface area contributed by atoms with E-state index in [2.05, 4.69) is 4.74 Å². The van der Waals surface area contributed by atoms with Crippen molar-refractivity contribution in [3.05, 3.63) is 29.8 Å². The fraction of sp³-hybridized carbons (Fsp3) is 0.400. The monoisotopic (exact) mass is 309 g/mol. The van der Waals surface area contributed by atoms with Crippen LogP contribution in [-0.2, 0) is 14.3 Å². The molecular formula is C15H19NO6. The number of benzene rings is 1. The first-order valence-electron chi connectivity index (χ1n) is 6.54. The van der Waals surface area contributed by atoms with Gasteiger partial charge in [-0.05, 0) is 45.0 Å². The SMILES string of the molecule is COC(=O)CN(C(=O)OC(C)(C)C)c1ccc(C(=O)O)cc1. The molecule has 0 aromatic heterocycles. The Morgan fingerprint density at radius 1 is 1.14 bits per heavy atom. The van der Waals surface area contributed by atoms with E-state index in [9.17, 15) is 14.4 Å². The molecule has 1 aromatic carbocycles. The van der Waals surface area contributed by atoms with Crippen LogP contribution in [-0.4, -0.2) is 42.4 Å². The van der Waals surface area contributed by atoms with Gasteiger partial charge >= 0.3 is 18.0 Å². The van der Waals surface area contributed by atoms with Gasteiger partial charge in [-0.1, -0.05) is 0 Å². The summed E-state index contributed by atoms with van der Waals surface area (Å²) in [7, 11) is 1.21. The van der Waals surface area contributed by atoms with Crippen molar-refractivity contribution >= 4 is 23.7 Å². The summed E-state index contributed by atoms with van der Waals surface area (Å²) in [6.45, 7) is 4.77. The fourth-order valence-electron chi connectivity index (χ4n) is 1.56. The molecule has 7 heteroatoms. The van der Waals surface area contributed by atoms with Gasteiger partial charge in [-0.15, -0.1) is 0 Å². The van der Waals surface area contributed by atoms with Crippen LogP contribution in [0.15, 0.2) is 24.3 Å². The number of carboxylic acid groups (broad SMARTS) is 1. The second-order valence-electron chi connectivity index (χ2n) is 5.49. The highest BCUT2D eigenvalue weighted by molar-refractivity contribution is 5.94. The van der Waals surface area contributed by atoms with Crippen LogP contribution in [0.4, 0.5) is 10.5 Å². The molecule has 0 saturated carbocycles. The third-order valence-electron chi connectivity index (χ3n) is 2.55. The van der Waals surface area contributed by atoms with Gasteiger partial charge in [0.05, 0.1) is 12.7 Å². The van der Waals surface area contributed by atoms with Crippen LogP contribution in [0, 0.1) is 0 Å². The smallest absolute Gasteiger partial charge is 0.415 e.